The molecular formula is C22H26ClFN2O3S. The summed E-state index contributed by atoms with van der Waals surface area (Å²) in [5.41, 5.74) is 0.905. The van der Waals surface area contributed by atoms with Crippen molar-refractivity contribution in [3.05, 3.63) is 64.4 Å². The van der Waals surface area contributed by atoms with Gasteiger partial charge in [0.1, 0.15) is 10.7 Å². The third kappa shape index (κ3) is 5.20. The van der Waals surface area contributed by atoms with E-state index < -0.39 is 10.0 Å². The quantitative estimate of drug-likeness (QED) is 0.638. The van der Waals surface area contributed by atoms with Gasteiger partial charge in [-0.25, -0.2) is 12.8 Å². The van der Waals surface area contributed by atoms with Crippen molar-refractivity contribution in [2.24, 2.45) is 0 Å². The van der Waals surface area contributed by atoms with Gasteiger partial charge in [-0.15, -0.1) is 0 Å². The summed E-state index contributed by atoms with van der Waals surface area (Å²) in [6, 6.07) is 10.4. The van der Waals surface area contributed by atoms with E-state index in [1.54, 1.807) is 17.0 Å². The number of amides is 1. The van der Waals surface area contributed by atoms with Gasteiger partial charge in [-0.3, -0.25) is 4.79 Å². The number of hydrogen-bond donors (Lipinski definition) is 0. The molecule has 3 rings (SSSR count). The third-order valence-corrected chi connectivity index (χ3v) is 7.67. The normalized spacial score (nSPS) is 15.6. The van der Waals surface area contributed by atoms with Gasteiger partial charge >= 0.3 is 0 Å². The Morgan fingerprint density at radius 3 is 2.43 bits per heavy atom. The van der Waals surface area contributed by atoms with Gasteiger partial charge in [-0.05, 0) is 55.7 Å². The molecule has 162 valence electrons. The smallest absolute Gasteiger partial charge is 0.254 e. The number of carbonyl (C=O) groups is 1. The number of sulfonamides is 1. The lowest BCUT2D eigenvalue weighted by Gasteiger charge is -2.23. The van der Waals surface area contributed by atoms with E-state index >= 15 is 0 Å². The lowest BCUT2D eigenvalue weighted by Crippen LogP contribution is -2.33. The van der Waals surface area contributed by atoms with E-state index in [1.165, 1.54) is 34.6 Å². The molecule has 2 aromatic carbocycles. The number of hydrogen-bond acceptors (Lipinski definition) is 3. The predicted octanol–water partition coefficient (Wildman–Crippen LogP) is 4.71. The predicted molar refractivity (Wildman–Crippen MR) is 115 cm³/mol. The van der Waals surface area contributed by atoms with Gasteiger partial charge < -0.3 is 4.90 Å². The van der Waals surface area contributed by atoms with Crippen LogP contribution >= 0.6 is 11.6 Å². The lowest BCUT2D eigenvalue weighted by atomic mass is 10.1. The van der Waals surface area contributed by atoms with Gasteiger partial charge in [0, 0.05) is 31.7 Å². The highest BCUT2D eigenvalue weighted by molar-refractivity contribution is 7.89. The largest absolute Gasteiger partial charge is 0.335 e. The molecule has 0 spiro atoms. The minimum atomic E-state index is -3.79. The van der Waals surface area contributed by atoms with Crippen molar-refractivity contribution < 1.29 is 17.6 Å². The van der Waals surface area contributed by atoms with Crippen LogP contribution in [0, 0.1) is 5.82 Å². The molecule has 0 bridgehead atoms. The molecule has 0 saturated carbocycles. The summed E-state index contributed by atoms with van der Waals surface area (Å²) in [7, 11) is -3.79. The minimum Gasteiger partial charge on any atom is -0.335 e. The molecule has 0 atom stereocenters. The highest BCUT2D eigenvalue weighted by Gasteiger charge is 2.28. The van der Waals surface area contributed by atoms with Crippen LogP contribution in [0.3, 0.4) is 0 Å². The summed E-state index contributed by atoms with van der Waals surface area (Å²) in [5.74, 6) is -0.695. The van der Waals surface area contributed by atoms with Crippen LogP contribution in [0.5, 0.6) is 0 Å². The lowest BCUT2D eigenvalue weighted by molar-refractivity contribution is 0.0752. The third-order valence-electron chi connectivity index (χ3n) is 5.29. The van der Waals surface area contributed by atoms with E-state index in [-0.39, 0.29) is 33.8 Å². The zero-order valence-corrected chi connectivity index (χ0v) is 18.6. The van der Waals surface area contributed by atoms with Crippen molar-refractivity contribution in [1.82, 2.24) is 9.21 Å². The summed E-state index contributed by atoms with van der Waals surface area (Å²) < 4.78 is 41.3. The Morgan fingerprint density at radius 2 is 1.80 bits per heavy atom. The van der Waals surface area contributed by atoms with Gasteiger partial charge in [-0.2, -0.15) is 4.31 Å². The molecule has 1 amide bonds. The summed E-state index contributed by atoms with van der Waals surface area (Å²) in [6.07, 6.45) is 3.63. The Labute approximate surface area is 182 Å². The van der Waals surface area contributed by atoms with E-state index in [4.69, 9.17) is 11.6 Å². The Balaban J connectivity index is 1.88. The Kier molecular flexibility index (Phi) is 7.50. The monoisotopic (exact) mass is 452 g/mol. The van der Waals surface area contributed by atoms with Crippen LogP contribution in [0.15, 0.2) is 47.4 Å². The van der Waals surface area contributed by atoms with Gasteiger partial charge in [0.05, 0.1) is 5.02 Å². The summed E-state index contributed by atoms with van der Waals surface area (Å²) in [4.78, 5) is 14.6. The minimum absolute atomic E-state index is 0.0428. The standard InChI is InChI=1S/C22H26ClFN2O3S/c1-2-25(16-17-8-7-9-19(24)14-17)22(27)18-10-11-20(23)21(15-18)30(28,29)26-12-5-3-4-6-13-26/h7-11,14-15H,2-6,12-13,16H2,1H3. The van der Waals surface area contributed by atoms with Crippen molar-refractivity contribution in [2.75, 3.05) is 19.6 Å². The van der Waals surface area contributed by atoms with Crippen molar-refractivity contribution in [3.63, 3.8) is 0 Å². The zero-order chi connectivity index (χ0) is 21.7. The average molecular weight is 453 g/mol. The maximum absolute atomic E-state index is 13.5. The number of halogens is 2. The molecule has 1 heterocycles. The van der Waals surface area contributed by atoms with Crippen molar-refractivity contribution in [2.45, 2.75) is 44.0 Å². The van der Waals surface area contributed by atoms with Crippen molar-refractivity contribution in [1.29, 1.82) is 0 Å². The molecule has 0 N–H and O–H groups in total. The molecule has 30 heavy (non-hydrogen) atoms. The highest BCUT2D eigenvalue weighted by Crippen LogP contribution is 2.28. The van der Waals surface area contributed by atoms with Crippen LogP contribution in [0.25, 0.3) is 0 Å². The van der Waals surface area contributed by atoms with Gasteiger partial charge in [0.2, 0.25) is 10.0 Å². The van der Waals surface area contributed by atoms with E-state index in [2.05, 4.69) is 0 Å². The number of carbonyl (C=O) groups excluding carboxylic acids is 1. The van der Waals surface area contributed by atoms with Gasteiger partial charge in [-0.1, -0.05) is 36.6 Å². The van der Waals surface area contributed by atoms with Gasteiger partial charge in [0.25, 0.3) is 5.91 Å². The summed E-state index contributed by atoms with van der Waals surface area (Å²) in [6.45, 7) is 3.35. The maximum Gasteiger partial charge on any atom is 0.254 e. The molecule has 5 nitrogen and oxygen atoms in total. The highest BCUT2D eigenvalue weighted by atomic mass is 35.5. The molecule has 0 radical (unpaired) electrons. The van der Waals surface area contributed by atoms with E-state index in [9.17, 15) is 17.6 Å². The van der Waals surface area contributed by atoms with Gasteiger partial charge in [0.15, 0.2) is 0 Å². The molecule has 1 aliphatic heterocycles. The van der Waals surface area contributed by atoms with E-state index in [1.807, 2.05) is 6.92 Å². The maximum atomic E-state index is 13.5. The van der Waals surface area contributed by atoms with Crippen LogP contribution in [0.4, 0.5) is 4.39 Å². The van der Waals surface area contributed by atoms with Crippen LogP contribution < -0.4 is 0 Å². The fourth-order valence-corrected chi connectivity index (χ4v) is 5.64. The average Bonchev–Trinajstić information content (AvgIpc) is 3.02. The van der Waals surface area contributed by atoms with Crippen LogP contribution in [-0.2, 0) is 16.6 Å². The number of nitrogens with zero attached hydrogens (tertiary/aromatic N) is 2. The zero-order valence-electron chi connectivity index (χ0n) is 17.0. The van der Waals surface area contributed by atoms with Crippen LogP contribution in [0.1, 0.15) is 48.5 Å². The molecule has 2 aromatic rings. The Morgan fingerprint density at radius 1 is 1.10 bits per heavy atom. The molecule has 8 heteroatoms. The van der Waals surface area contributed by atoms with Crippen molar-refractivity contribution in [3.8, 4) is 0 Å². The fourth-order valence-electron chi connectivity index (χ4n) is 3.62. The molecule has 0 unspecified atom stereocenters. The first-order chi connectivity index (χ1) is 14.3. The first kappa shape index (κ1) is 22.7. The van der Waals surface area contributed by atoms with Crippen molar-refractivity contribution >= 4 is 27.5 Å². The van der Waals surface area contributed by atoms with E-state index in [0.29, 0.717) is 25.2 Å². The van der Waals surface area contributed by atoms with E-state index in [0.717, 1.165) is 25.7 Å². The second kappa shape index (κ2) is 9.90. The second-order valence-electron chi connectivity index (χ2n) is 7.41. The summed E-state index contributed by atoms with van der Waals surface area (Å²) in [5, 5.41) is 0.101. The second-order valence-corrected chi connectivity index (χ2v) is 9.73. The number of rotatable bonds is 6. The summed E-state index contributed by atoms with van der Waals surface area (Å²) >= 11 is 6.23. The molecule has 0 aromatic heterocycles. The molecule has 1 aliphatic rings. The SMILES string of the molecule is CCN(Cc1cccc(F)c1)C(=O)c1ccc(Cl)c(S(=O)(=O)N2CCCCCC2)c1. The molecule has 0 aliphatic carbocycles. The first-order valence-electron chi connectivity index (χ1n) is 10.2. The molecule has 1 fully saturated rings. The molecule has 1 saturated heterocycles. The first-order valence-corrected chi connectivity index (χ1v) is 12.0. The number of benzene rings is 2. The Hall–Kier alpha value is -1.96. The van der Waals surface area contributed by atoms with Crippen LogP contribution in [0.2, 0.25) is 5.02 Å². The fraction of sp³-hybridized carbons (Fsp3) is 0.409. The topological polar surface area (TPSA) is 57.7 Å². The Bertz CT molecular complexity index is 1010. The van der Waals surface area contributed by atoms with Crippen LogP contribution in [-0.4, -0.2) is 43.2 Å². The molecular weight excluding hydrogens is 427 g/mol.